The van der Waals surface area contributed by atoms with Gasteiger partial charge in [-0.1, -0.05) is 15.9 Å². The Morgan fingerprint density at radius 2 is 2.22 bits per heavy atom. The largest absolute Gasteiger partial charge is 0.490 e. The molecular formula is C14H19BrO3. The Hall–Kier alpha value is -0.580. The molecule has 100 valence electrons. The zero-order valence-electron chi connectivity index (χ0n) is 10.8. The first-order chi connectivity index (χ1) is 8.60. The van der Waals surface area contributed by atoms with Crippen molar-refractivity contribution in [2.24, 2.45) is 0 Å². The van der Waals surface area contributed by atoms with Crippen LogP contribution >= 0.6 is 15.9 Å². The standard InChI is InChI=1S/C14H19BrO3/c1-9-5-12(15)6-11(7-16)14(9)17-8-13-4-3-10(2)18-13/h5-6,10,13,16H,3-4,7-8H2,1-2H3. The number of aliphatic hydroxyl groups is 1. The molecule has 1 fully saturated rings. The first-order valence-electron chi connectivity index (χ1n) is 6.28. The van der Waals surface area contributed by atoms with E-state index in [0.717, 1.165) is 34.2 Å². The van der Waals surface area contributed by atoms with E-state index >= 15 is 0 Å². The van der Waals surface area contributed by atoms with Crippen molar-refractivity contribution >= 4 is 15.9 Å². The summed E-state index contributed by atoms with van der Waals surface area (Å²) in [4.78, 5) is 0. The van der Waals surface area contributed by atoms with Crippen LogP contribution in [0.3, 0.4) is 0 Å². The number of hydrogen-bond acceptors (Lipinski definition) is 3. The molecule has 4 heteroatoms. The average Bonchev–Trinajstić information content (AvgIpc) is 2.73. The SMILES string of the molecule is Cc1cc(Br)cc(CO)c1OCC1CCC(C)O1. The number of hydrogen-bond donors (Lipinski definition) is 1. The second-order valence-electron chi connectivity index (χ2n) is 4.83. The molecule has 1 heterocycles. The highest BCUT2D eigenvalue weighted by Crippen LogP contribution is 2.29. The maximum Gasteiger partial charge on any atom is 0.127 e. The van der Waals surface area contributed by atoms with Crippen LogP contribution < -0.4 is 4.74 Å². The van der Waals surface area contributed by atoms with E-state index in [0.29, 0.717) is 12.7 Å². The molecular weight excluding hydrogens is 296 g/mol. The molecule has 0 saturated carbocycles. The molecule has 0 radical (unpaired) electrons. The Morgan fingerprint density at radius 3 is 2.83 bits per heavy atom. The van der Waals surface area contributed by atoms with Crippen molar-refractivity contribution in [2.45, 2.75) is 45.5 Å². The second kappa shape index (κ2) is 6.04. The quantitative estimate of drug-likeness (QED) is 0.927. The summed E-state index contributed by atoms with van der Waals surface area (Å²) in [6, 6.07) is 3.88. The second-order valence-corrected chi connectivity index (χ2v) is 5.74. The number of halogens is 1. The number of ether oxygens (including phenoxy) is 2. The number of aliphatic hydroxyl groups excluding tert-OH is 1. The van der Waals surface area contributed by atoms with E-state index in [4.69, 9.17) is 9.47 Å². The Bertz CT molecular complexity index is 420. The summed E-state index contributed by atoms with van der Waals surface area (Å²) in [6.07, 6.45) is 2.65. The van der Waals surface area contributed by atoms with Crippen LogP contribution in [0.15, 0.2) is 16.6 Å². The average molecular weight is 315 g/mol. The van der Waals surface area contributed by atoms with Crippen molar-refractivity contribution in [2.75, 3.05) is 6.61 Å². The first kappa shape index (κ1) is 13.8. The molecule has 0 aromatic heterocycles. The highest BCUT2D eigenvalue weighted by molar-refractivity contribution is 9.10. The highest BCUT2D eigenvalue weighted by Gasteiger charge is 2.22. The summed E-state index contributed by atoms with van der Waals surface area (Å²) in [5.41, 5.74) is 1.84. The van der Waals surface area contributed by atoms with Crippen LogP contribution in [0.4, 0.5) is 0 Å². The third-order valence-corrected chi connectivity index (χ3v) is 3.68. The van der Waals surface area contributed by atoms with Gasteiger partial charge >= 0.3 is 0 Å². The maximum absolute atomic E-state index is 9.37. The Balaban J connectivity index is 2.04. The molecule has 1 N–H and O–H groups in total. The first-order valence-corrected chi connectivity index (χ1v) is 7.07. The van der Waals surface area contributed by atoms with Gasteiger partial charge in [0.15, 0.2) is 0 Å². The molecule has 0 bridgehead atoms. The molecule has 0 aliphatic carbocycles. The maximum atomic E-state index is 9.37. The predicted molar refractivity (Wildman–Crippen MR) is 73.9 cm³/mol. The number of benzene rings is 1. The van der Waals surface area contributed by atoms with Gasteiger partial charge in [0.05, 0.1) is 18.8 Å². The van der Waals surface area contributed by atoms with E-state index in [2.05, 4.69) is 22.9 Å². The van der Waals surface area contributed by atoms with Gasteiger partial charge in [0.25, 0.3) is 0 Å². The highest BCUT2D eigenvalue weighted by atomic mass is 79.9. The zero-order valence-corrected chi connectivity index (χ0v) is 12.4. The normalized spacial score (nSPS) is 23.3. The van der Waals surface area contributed by atoms with Crippen molar-refractivity contribution in [1.29, 1.82) is 0 Å². The van der Waals surface area contributed by atoms with E-state index < -0.39 is 0 Å². The molecule has 1 saturated heterocycles. The van der Waals surface area contributed by atoms with Crippen LogP contribution in [0.25, 0.3) is 0 Å². The molecule has 1 aromatic carbocycles. The fourth-order valence-electron chi connectivity index (χ4n) is 2.31. The summed E-state index contributed by atoms with van der Waals surface area (Å²) in [5, 5.41) is 9.37. The lowest BCUT2D eigenvalue weighted by atomic mass is 10.1. The van der Waals surface area contributed by atoms with Crippen LogP contribution in [-0.4, -0.2) is 23.9 Å². The fourth-order valence-corrected chi connectivity index (χ4v) is 2.93. The summed E-state index contributed by atoms with van der Waals surface area (Å²) in [6.45, 7) is 4.61. The van der Waals surface area contributed by atoms with E-state index in [-0.39, 0.29) is 12.7 Å². The smallest absolute Gasteiger partial charge is 0.127 e. The molecule has 1 aromatic rings. The lowest BCUT2D eigenvalue weighted by Crippen LogP contribution is -2.18. The van der Waals surface area contributed by atoms with Crippen LogP contribution in [-0.2, 0) is 11.3 Å². The van der Waals surface area contributed by atoms with E-state index in [9.17, 15) is 5.11 Å². The molecule has 0 amide bonds. The van der Waals surface area contributed by atoms with Gasteiger partial charge in [-0.2, -0.15) is 0 Å². The van der Waals surface area contributed by atoms with Crippen molar-refractivity contribution in [3.8, 4) is 5.75 Å². The molecule has 0 spiro atoms. The minimum atomic E-state index is -0.0163. The predicted octanol–water partition coefficient (Wildman–Crippen LogP) is 3.20. The Morgan fingerprint density at radius 1 is 1.44 bits per heavy atom. The molecule has 2 atom stereocenters. The molecule has 1 aliphatic heterocycles. The molecule has 2 unspecified atom stereocenters. The number of aryl methyl sites for hydroxylation is 1. The van der Waals surface area contributed by atoms with Gasteiger partial charge in [-0.3, -0.25) is 0 Å². The van der Waals surface area contributed by atoms with Gasteiger partial charge < -0.3 is 14.6 Å². The monoisotopic (exact) mass is 314 g/mol. The van der Waals surface area contributed by atoms with Gasteiger partial charge in [0.2, 0.25) is 0 Å². The summed E-state index contributed by atoms with van der Waals surface area (Å²) >= 11 is 3.42. The summed E-state index contributed by atoms with van der Waals surface area (Å²) < 4.78 is 12.5. The Kier molecular flexibility index (Phi) is 4.65. The number of rotatable bonds is 4. The molecule has 3 nitrogen and oxygen atoms in total. The molecule has 2 rings (SSSR count). The van der Waals surface area contributed by atoms with Crippen LogP contribution in [0, 0.1) is 6.92 Å². The van der Waals surface area contributed by atoms with E-state index in [1.807, 2.05) is 19.1 Å². The third kappa shape index (κ3) is 3.25. The van der Waals surface area contributed by atoms with E-state index in [1.54, 1.807) is 0 Å². The van der Waals surface area contributed by atoms with Gasteiger partial charge in [0, 0.05) is 10.0 Å². The van der Waals surface area contributed by atoms with Crippen molar-refractivity contribution in [3.05, 3.63) is 27.7 Å². The van der Waals surface area contributed by atoms with Crippen molar-refractivity contribution in [1.82, 2.24) is 0 Å². The minimum Gasteiger partial charge on any atom is -0.490 e. The lowest BCUT2D eigenvalue weighted by Gasteiger charge is -2.17. The van der Waals surface area contributed by atoms with Crippen LogP contribution in [0.1, 0.15) is 30.9 Å². The summed E-state index contributed by atoms with van der Waals surface area (Å²) in [7, 11) is 0. The van der Waals surface area contributed by atoms with E-state index in [1.165, 1.54) is 0 Å². The fraction of sp³-hybridized carbons (Fsp3) is 0.571. The lowest BCUT2D eigenvalue weighted by molar-refractivity contribution is 0.0258. The third-order valence-electron chi connectivity index (χ3n) is 3.22. The minimum absolute atomic E-state index is 0.0163. The topological polar surface area (TPSA) is 38.7 Å². The van der Waals surface area contributed by atoms with Gasteiger partial charge in [0.1, 0.15) is 12.4 Å². The zero-order chi connectivity index (χ0) is 13.1. The Labute approximate surface area is 116 Å². The molecule has 1 aliphatic rings. The van der Waals surface area contributed by atoms with Crippen molar-refractivity contribution < 1.29 is 14.6 Å². The van der Waals surface area contributed by atoms with Crippen LogP contribution in [0.5, 0.6) is 5.75 Å². The van der Waals surface area contributed by atoms with Gasteiger partial charge in [-0.15, -0.1) is 0 Å². The summed E-state index contributed by atoms with van der Waals surface area (Å²) in [5.74, 6) is 0.781. The van der Waals surface area contributed by atoms with Crippen LogP contribution in [0.2, 0.25) is 0 Å². The van der Waals surface area contributed by atoms with Gasteiger partial charge in [-0.25, -0.2) is 0 Å². The van der Waals surface area contributed by atoms with Crippen molar-refractivity contribution in [3.63, 3.8) is 0 Å². The molecule has 18 heavy (non-hydrogen) atoms. The van der Waals surface area contributed by atoms with Gasteiger partial charge in [-0.05, 0) is 44.4 Å².